The van der Waals surface area contributed by atoms with E-state index < -0.39 is 11.7 Å². The van der Waals surface area contributed by atoms with Gasteiger partial charge in [-0.05, 0) is 36.6 Å². The van der Waals surface area contributed by atoms with Crippen LogP contribution in [0.5, 0.6) is 0 Å². The van der Waals surface area contributed by atoms with Crippen molar-refractivity contribution in [1.82, 2.24) is 10.6 Å². The van der Waals surface area contributed by atoms with Gasteiger partial charge in [-0.25, -0.2) is 4.39 Å². The number of hydrogen-bond donors (Lipinski definition) is 2. The number of halogens is 1. The molecular weight excluding hydrogens is 333 g/mol. The van der Waals surface area contributed by atoms with Crippen LogP contribution in [-0.2, 0) is 4.79 Å². The lowest BCUT2D eigenvalue weighted by molar-refractivity contribution is -0.120. The number of anilines is 1. The molecule has 0 aromatic heterocycles. The molecule has 6 heteroatoms. The van der Waals surface area contributed by atoms with E-state index in [1.165, 1.54) is 23.9 Å². The summed E-state index contributed by atoms with van der Waals surface area (Å²) in [6.07, 6.45) is 1.01. The van der Waals surface area contributed by atoms with Crippen LogP contribution >= 0.6 is 0 Å². The van der Waals surface area contributed by atoms with Crippen molar-refractivity contribution in [2.24, 2.45) is 5.92 Å². The molecule has 0 unspecified atom stereocenters. The van der Waals surface area contributed by atoms with Crippen LogP contribution in [0.15, 0.2) is 54.6 Å². The maximum atomic E-state index is 13.5. The van der Waals surface area contributed by atoms with Gasteiger partial charge in [0, 0.05) is 25.3 Å². The Kier molecular flexibility index (Phi) is 5.84. The van der Waals surface area contributed by atoms with Crippen molar-refractivity contribution in [2.45, 2.75) is 6.42 Å². The largest absolute Gasteiger partial charge is 0.371 e. The van der Waals surface area contributed by atoms with Crippen LogP contribution in [-0.4, -0.2) is 38.0 Å². The second kappa shape index (κ2) is 8.47. The molecule has 2 N–H and O–H groups in total. The Balaban J connectivity index is 1.40. The number of nitrogens with zero attached hydrogens (tertiary/aromatic N) is 1. The van der Waals surface area contributed by atoms with Gasteiger partial charge in [0.1, 0.15) is 5.82 Å². The Hall–Kier alpha value is -2.89. The monoisotopic (exact) mass is 355 g/mol. The third-order valence-electron chi connectivity index (χ3n) is 4.52. The summed E-state index contributed by atoms with van der Waals surface area (Å²) >= 11 is 0. The van der Waals surface area contributed by atoms with Crippen LogP contribution in [0, 0.1) is 11.7 Å². The average Bonchev–Trinajstić information content (AvgIpc) is 3.14. The summed E-state index contributed by atoms with van der Waals surface area (Å²) in [6, 6.07) is 15.9. The molecule has 2 amide bonds. The Morgan fingerprint density at radius 2 is 1.77 bits per heavy atom. The fourth-order valence-corrected chi connectivity index (χ4v) is 3.09. The standard InChI is InChI=1S/C20H22FN3O2/c21-18-9-5-4-8-17(18)20(26)23-13-19(25)22-12-15-10-11-24(14-15)16-6-2-1-3-7-16/h1-9,15H,10-14H2,(H,22,25)(H,23,26)/t15-/m1/s1. The topological polar surface area (TPSA) is 61.4 Å². The van der Waals surface area contributed by atoms with E-state index in [1.54, 1.807) is 6.07 Å². The average molecular weight is 355 g/mol. The van der Waals surface area contributed by atoms with Gasteiger partial charge in [-0.15, -0.1) is 0 Å². The molecule has 2 aromatic carbocycles. The van der Waals surface area contributed by atoms with Crippen molar-refractivity contribution in [3.05, 3.63) is 66.0 Å². The number of benzene rings is 2. The molecule has 3 rings (SSSR count). The van der Waals surface area contributed by atoms with E-state index in [-0.39, 0.29) is 18.0 Å². The fourth-order valence-electron chi connectivity index (χ4n) is 3.09. The molecule has 0 spiro atoms. The number of amides is 2. The normalized spacial score (nSPS) is 16.3. The number of carbonyl (C=O) groups is 2. The van der Waals surface area contributed by atoms with E-state index in [1.807, 2.05) is 18.2 Å². The molecule has 0 aliphatic carbocycles. The van der Waals surface area contributed by atoms with Gasteiger partial charge in [-0.1, -0.05) is 30.3 Å². The molecule has 5 nitrogen and oxygen atoms in total. The van der Waals surface area contributed by atoms with E-state index in [0.717, 1.165) is 19.5 Å². The zero-order chi connectivity index (χ0) is 18.4. The Labute approximate surface area is 152 Å². The van der Waals surface area contributed by atoms with Crippen LogP contribution in [0.25, 0.3) is 0 Å². The molecule has 1 heterocycles. The van der Waals surface area contributed by atoms with Crippen LogP contribution in [0.4, 0.5) is 10.1 Å². The van der Waals surface area contributed by atoms with E-state index in [4.69, 9.17) is 0 Å². The van der Waals surface area contributed by atoms with Gasteiger partial charge in [0.15, 0.2) is 0 Å². The summed E-state index contributed by atoms with van der Waals surface area (Å²) in [6.45, 7) is 2.26. The van der Waals surface area contributed by atoms with Gasteiger partial charge in [-0.2, -0.15) is 0 Å². The number of para-hydroxylation sites is 1. The van der Waals surface area contributed by atoms with Gasteiger partial charge in [0.2, 0.25) is 5.91 Å². The number of rotatable bonds is 6. The van der Waals surface area contributed by atoms with Gasteiger partial charge in [-0.3, -0.25) is 9.59 Å². The highest BCUT2D eigenvalue weighted by atomic mass is 19.1. The summed E-state index contributed by atoms with van der Waals surface area (Å²) < 4.78 is 13.5. The Bertz CT molecular complexity index is 767. The number of hydrogen-bond acceptors (Lipinski definition) is 3. The molecule has 0 saturated carbocycles. The van der Waals surface area contributed by atoms with Crippen molar-refractivity contribution >= 4 is 17.5 Å². The lowest BCUT2D eigenvalue weighted by atomic mass is 10.1. The zero-order valence-electron chi connectivity index (χ0n) is 14.5. The van der Waals surface area contributed by atoms with Gasteiger partial charge in [0.25, 0.3) is 5.91 Å². The first kappa shape index (κ1) is 17.9. The van der Waals surface area contributed by atoms with Crippen molar-refractivity contribution < 1.29 is 14.0 Å². The molecule has 0 radical (unpaired) electrons. The van der Waals surface area contributed by atoms with Gasteiger partial charge in [0.05, 0.1) is 12.1 Å². The van der Waals surface area contributed by atoms with Gasteiger partial charge < -0.3 is 15.5 Å². The van der Waals surface area contributed by atoms with Crippen molar-refractivity contribution in [3.63, 3.8) is 0 Å². The third kappa shape index (κ3) is 4.59. The summed E-state index contributed by atoms with van der Waals surface area (Å²) in [5.74, 6) is -1.08. The summed E-state index contributed by atoms with van der Waals surface area (Å²) in [5, 5.41) is 5.29. The zero-order valence-corrected chi connectivity index (χ0v) is 14.5. The van der Waals surface area contributed by atoms with Crippen molar-refractivity contribution in [1.29, 1.82) is 0 Å². The maximum Gasteiger partial charge on any atom is 0.254 e. The maximum absolute atomic E-state index is 13.5. The fraction of sp³-hybridized carbons (Fsp3) is 0.300. The minimum Gasteiger partial charge on any atom is -0.371 e. The smallest absolute Gasteiger partial charge is 0.254 e. The molecular formula is C20H22FN3O2. The Morgan fingerprint density at radius 3 is 2.54 bits per heavy atom. The van der Waals surface area contributed by atoms with Crippen LogP contribution in [0.2, 0.25) is 0 Å². The van der Waals surface area contributed by atoms with E-state index in [9.17, 15) is 14.0 Å². The van der Waals surface area contributed by atoms with Crippen LogP contribution < -0.4 is 15.5 Å². The minimum absolute atomic E-state index is 0.0606. The van der Waals surface area contributed by atoms with Gasteiger partial charge >= 0.3 is 0 Å². The quantitative estimate of drug-likeness (QED) is 0.835. The Morgan fingerprint density at radius 1 is 1.04 bits per heavy atom. The van der Waals surface area contributed by atoms with Crippen LogP contribution in [0.3, 0.4) is 0 Å². The summed E-state index contributed by atoms with van der Waals surface area (Å²) in [5.41, 5.74) is 1.13. The molecule has 0 bridgehead atoms. The lowest BCUT2D eigenvalue weighted by Gasteiger charge is -2.18. The first-order chi connectivity index (χ1) is 12.6. The number of carbonyl (C=O) groups excluding carboxylic acids is 2. The van der Waals surface area contributed by atoms with Crippen molar-refractivity contribution in [3.8, 4) is 0 Å². The molecule has 1 atom stereocenters. The SMILES string of the molecule is O=C(CNC(=O)c1ccccc1F)NC[C@H]1CCN(c2ccccc2)C1. The molecule has 26 heavy (non-hydrogen) atoms. The molecule has 1 aliphatic heterocycles. The van der Waals surface area contributed by atoms with E-state index in [0.29, 0.717) is 12.5 Å². The first-order valence-electron chi connectivity index (χ1n) is 8.73. The highest BCUT2D eigenvalue weighted by molar-refractivity contribution is 5.96. The molecule has 1 aliphatic rings. The first-order valence-corrected chi connectivity index (χ1v) is 8.73. The van der Waals surface area contributed by atoms with E-state index in [2.05, 4.69) is 27.7 Å². The summed E-state index contributed by atoms with van der Waals surface area (Å²) in [7, 11) is 0. The lowest BCUT2D eigenvalue weighted by Crippen LogP contribution is -2.39. The van der Waals surface area contributed by atoms with E-state index >= 15 is 0 Å². The predicted molar refractivity (Wildman–Crippen MR) is 98.5 cm³/mol. The second-order valence-electron chi connectivity index (χ2n) is 6.40. The summed E-state index contributed by atoms with van der Waals surface area (Å²) in [4.78, 5) is 26.1. The minimum atomic E-state index is -0.600. The molecule has 1 fully saturated rings. The third-order valence-corrected chi connectivity index (χ3v) is 4.52. The van der Waals surface area contributed by atoms with Crippen LogP contribution in [0.1, 0.15) is 16.8 Å². The highest BCUT2D eigenvalue weighted by Gasteiger charge is 2.23. The molecule has 136 valence electrons. The predicted octanol–water partition coefficient (Wildman–Crippen LogP) is 2.20. The molecule has 1 saturated heterocycles. The molecule has 2 aromatic rings. The second-order valence-corrected chi connectivity index (χ2v) is 6.40. The highest BCUT2D eigenvalue weighted by Crippen LogP contribution is 2.22. The van der Waals surface area contributed by atoms with Crippen molar-refractivity contribution in [2.75, 3.05) is 31.1 Å². The number of nitrogens with one attached hydrogen (secondary N) is 2.